The second-order valence-corrected chi connectivity index (χ2v) is 7.15. The number of likely N-dealkylation sites (tertiary alicyclic amines) is 1. The third-order valence-electron chi connectivity index (χ3n) is 4.89. The summed E-state index contributed by atoms with van der Waals surface area (Å²) in [7, 11) is 0. The van der Waals surface area contributed by atoms with E-state index < -0.39 is 0 Å². The predicted molar refractivity (Wildman–Crippen MR) is 99.4 cm³/mol. The summed E-state index contributed by atoms with van der Waals surface area (Å²) in [6, 6.07) is 16.5. The van der Waals surface area contributed by atoms with Gasteiger partial charge in [0.15, 0.2) is 0 Å². The predicted octanol–water partition coefficient (Wildman–Crippen LogP) is 3.66. The van der Waals surface area contributed by atoms with Crippen LogP contribution in [0.2, 0.25) is 0 Å². The van der Waals surface area contributed by atoms with Crippen molar-refractivity contribution in [1.29, 1.82) is 0 Å². The molecule has 1 N–H and O–H groups in total. The van der Waals surface area contributed by atoms with Crippen molar-refractivity contribution >= 4 is 0 Å². The fraction of sp³-hybridized carbons (Fsp3) is 0.333. The molecule has 26 heavy (non-hydrogen) atoms. The lowest BCUT2D eigenvalue weighted by molar-refractivity contribution is 0.169. The van der Waals surface area contributed by atoms with Gasteiger partial charge in [-0.3, -0.25) is 4.90 Å². The van der Waals surface area contributed by atoms with Crippen LogP contribution in [0.1, 0.15) is 35.0 Å². The molecule has 2 heterocycles. The van der Waals surface area contributed by atoms with Gasteiger partial charge in [0.05, 0.1) is 12.1 Å². The molecule has 0 radical (unpaired) electrons. The van der Waals surface area contributed by atoms with Crippen LogP contribution in [0.3, 0.4) is 0 Å². The highest BCUT2D eigenvalue weighted by atomic mass is 16.5. The molecule has 1 fully saturated rings. The maximum absolute atomic E-state index is 10.2. The fourth-order valence-corrected chi connectivity index (χ4v) is 3.51. The first kappa shape index (κ1) is 16.9. The summed E-state index contributed by atoms with van der Waals surface area (Å²) in [4.78, 5) is 6.82. The van der Waals surface area contributed by atoms with Crippen LogP contribution in [0, 0.1) is 13.8 Å². The van der Waals surface area contributed by atoms with Crippen LogP contribution in [-0.4, -0.2) is 32.8 Å². The smallest absolute Gasteiger partial charge is 0.244 e. The molecular weight excluding hydrogens is 326 g/mol. The first-order valence-electron chi connectivity index (χ1n) is 8.97. The molecule has 2 aromatic carbocycles. The summed E-state index contributed by atoms with van der Waals surface area (Å²) in [6.07, 6.45) is 0.237. The standard InChI is InChI=1S/C21H23N3O2/c1-14-6-8-16(9-7-14)12-24-13-18(25)11-19(24)21-22-20(23-26-21)17-5-3-4-15(2)10-17/h3-10,18-19,25H,11-13H2,1-2H3. The number of aliphatic hydroxyl groups excluding tert-OH is 1. The number of rotatable bonds is 4. The highest BCUT2D eigenvalue weighted by Crippen LogP contribution is 2.33. The van der Waals surface area contributed by atoms with E-state index in [1.165, 1.54) is 11.1 Å². The van der Waals surface area contributed by atoms with E-state index in [4.69, 9.17) is 4.52 Å². The van der Waals surface area contributed by atoms with Gasteiger partial charge >= 0.3 is 0 Å². The molecule has 2 atom stereocenters. The summed E-state index contributed by atoms with van der Waals surface area (Å²) in [6.45, 7) is 5.49. The Kier molecular flexibility index (Phi) is 4.57. The van der Waals surface area contributed by atoms with Crippen LogP contribution in [-0.2, 0) is 6.54 Å². The zero-order valence-corrected chi connectivity index (χ0v) is 15.1. The Morgan fingerprint density at radius 3 is 2.69 bits per heavy atom. The van der Waals surface area contributed by atoms with E-state index in [1.54, 1.807) is 0 Å². The molecule has 1 aliphatic rings. The molecule has 1 aromatic heterocycles. The van der Waals surface area contributed by atoms with Gasteiger partial charge in [0, 0.05) is 18.7 Å². The molecule has 0 spiro atoms. The topological polar surface area (TPSA) is 62.4 Å². The maximum atomic E-state index is 10.2. The number of hydrogen-bond donors (Lipinski definition) is 1. The number of aliphatic hydroxyl groups is 1. The molecule has 1 saturated heterocycles. The van der Waals surface area contributed by atoms with E-state index in [2.05, 4.69) is 46.2 Å². The Labute approximate surface area is 153 Å². The van der Waals surface area contributed by atoms with Crippen LogP contribution in [0.5, 0.6) is 0 Å². The van der Waals surface area contributed by atoms with E-state index in [1.807, 2.05) is 31.2 Å². The summed E-state index contributed by atoms with van der Waals surface area (Å²) < 4.78 is 5.56. The van der Waals surface area contributed by atoms with Crippen molar-refractivity contribution in [2.24, 2.45) is 0 Å². The molecule has 134 valence electrons. The van der Waals surface area contributed by atoms with Gasteiger partial charge in [-0.05, 0) is 31.9 Å². The van der Waals surface area contributed by atoms with Crippen LogP contribution in [0.15, 0.2) is 53.1 Å². The second-order valence-electron chi connectivity index (χ2n) is 7.15. The molecule has 5 nitrogen and oxygen atoms in total. The quantitative estimate of drug-likeness (QED) is 0.779. The zero-order chi connectivity index (χ0) is 18.1. The van der Waals surface area contributed by atoms with Crippen molar-refractivity contribution in [1.82, 2.24) is 15.0 Å². The number of hydrogen-bond acceptors (Lipinski definition) is 5. The highest BCUT2D eigenvalue weighted by molar-refractivity contribution is 5.55. The Bertz CT molecular complexity index is 888. The van der Waals surface area contributed by atoms with Crippen LogP contribution >= 0.6 is 0 Å². The van der Waals surface area contributed by atoms with Gasteiger partial charge in [0.25, 0.3) is 0 Å². The van der Waals surface area contributed by atoms with Gasteiger partial charge < -0.3 is 9.63 Å². The first-order valence-corrected chi connectivity index (χ1v) is 8.97. The minimum absolute atomic E-state index is 0.0580. The number of β-amino-alcohol motifs (C(OH)–C–C–N with tert-alkyl or cyclic N) is 1. The largest absolute Gasteiger partial charge is 0.392 e. The average molecular weight is 349 g/mol. The van der Waals surface area contributed by atoms with Crippen molar-refractivity contribution in [2.75, 3.05) is 6.54 Å². The van der Waals surface area contributed by atoms with Crippen molar-refractivity contribution in [3.05, 3.63) is 71.1 Å². The maximum Gasteiger partial charge on any atom is 0.244 e. The van der Waals surface area contributed by atoms with E-state index >= 15 is 0 Å². The average Bonchev–Trinajstić information content (AvgIpc) is 3.24. The molecule has 4 rings (SSSR count). The summed E-state index contributed by atoms with van der Waals surface area (Å²) in [5.74, 6) is 1.17. The van der Waals surface area contributed by atoms with Crippen molar-refractivity contribution in [3.8, 4) is 11.4 Å². The van der Waals surface area contributed by atoms with Gasteiger partial charge in [-0.1, -0.05) is 58.7 Å². The molecule has 2 unspecified atom stereocenters. The van der Waals surface area contributed by atoms with Gasteiger partial charge in [-0.15, -0.1) is 0 Å². The normalized spacial score (nSPS) is 20.6. The van der Waals surface area contributed by atoms with Gasteiger partial charge in [-0.25, -0.2) is 0 Å². The number of nitrogens with zero attached hydrogens (tertiary/aromatic N) is 3. The monoisotopic (exact) mass is 349 g/mol. The lowest BCUT2D eigenvalue weighted by atomic mass is 10.1. The molecule has 0 aliphatic carbocycles. The lowest BCUT2D eigenvalue weighted by Gasteiger charge is -2.21. The Hall–Kier alpha value is -2.50. The molecule has 0 bridgehead atoms. The minimum Gasteiger partial charge on any atom is -0.392 e. The van der Waals surface area contributed by atoms with Crippen molar-refractivity contribution < 1.29 is 9.63 Å². The number of aromatic nitrogens is 2. The summed E-state index contributed by atoms with van der Waals surface area (Å²) >= 11 is 0. The fourth-order valence-electron chi connectivity index (χ4n) is 3.51. The SMILES string of the molecule is Cc1ccc(CN2CC(O)CC2c2nc(-c3cccc(C)c3)no2)cc1. The number of benzene rings is 2. The Morgan fingerprint density at radius 2 is 1.92 bits per heavy atom. The van der Waals surface area contributed by atoms with Crippen molar-refractivity contribution in [2.45, 2.75) is 39.0 Å². The third kappa shape index (κ3) is 3.54. The molecule has 5 heteroatoms. The zero-order valence-electron chi connectivity index (χ0n) is 15.1. The van der Waals surface area contributed by atoms with E-state index in [9.17, 15) is 5.11 Å². The van der Waals surface area contributed by atoms with Gasteiger partial charge in [-0.2, -0.15) is 4.98 Å². The van der Waals surface area contributed by atoms with E-state index in [-0.39, 0.29) is 12.1 Å². The highest BCUT2D eigenvalue weighted by Gasteiger charge is 2.35. The molecule has 3 aromatic rings. The molecule has 0 saturated carbocycles. The second kappa shape index (κ2) is 7.02. The Balaban J connectivity index is 1.56. The summed E-state index contributed by atoms with van der Waals surface area (Å²) in [5, 5.41) is 14.3. The molecular formula is C21H23N3O2. The Morgan fingerprint density at radius 1 is 1.12 bits per heavy atom. The third-order valence-corrected chi connectivity index (χ3v) is 4.89. The van der Waals surface area contributed by atoms with Crippen molar-refractivity contribution in [3.63, 3.8) is 0 Å². The minimum atomic E-state index is -0.375. The van der Waals surface area contributed by atoms with E-state index in [0.29, 0.717) is 24.7 Å². The van der Waals surface area contributed by atoms with E-state index in [0.717, 1.165) is 17.7 Å². The molecule has 0 amide bonds. The van der Waals surface area contributed by atoms with Gasteiger partial charge in [0.1, 0.15) is 0 Å². The van der Waals surface area contributed by atoms with Crippen LogP contribution in [0.25, 0.3) is 11.4 Å². The van der Waals surface area contributed by atoms with Gasteiger partial charge in [0.2, 0.25) is 11.7 Å². The summed E-state index contributed by atoms with van der Waals surface area (Å²) in [5.41, 5.74) is 4.56. The van der Waals surface area contributed by atoms with Crippen LogP contribution < -0.4 is 0 Å². The molecule has 1 aliphatic heterocycles. The lowest BCUT2D eigenvalue weighted by Crippen LogP contribution is -2.24. The van der Waals surface area contributed by atoms with Crippen LogP contribution in [0.4, 0.5) is 0 Å². The first-order chi connectivity index (χ1) is 12.6. The number of aryl methyl sites for hydroxylation is 2.